The van der Waals surface area contributed by atoms with Crippen LogP contribution in [0.2, 0.25) is 0 Å². The number of methoxy groups -OCH3 is 1. The van der Waals surface area contributed by atoms with Gasteiger partial charge < -0.3 is 14.5 Å². The third kappa shape index (κ3) is 3.45. The smallest absolute Gasteiger partial charge is 0.410 e. The van der Waals surface area contributed by atoms with Gasteiger partial charge in [-0.05, 0) is 31.4 Å². The van der Waals surface area contributed by atoms with Gasteiger partial charge in [0, 0.05) is 6.54 Å². The van der Waals surface area contributed by atoms with E-state index in [-0.39, 0.29) is 12.1 Å². The molecule has 1 aromatic heterocycles. The van der Waals surface area contributed by atoms with Crippen LogP contribution in [0.25, 0.3) is 11.0 Å². The highest BCUT2D eigenvalue weighted by Gasteiger charge is 2.33. The minimum atomic E-state index is -0.414. The third-order valence-corrected chi connectivity index (χ3v) is 4.47. The van der Waals surface area contributed by atoms with Crippen molar-refractivity contribution in [1.82, 2.24) is 14.9 Å². The number of amides is 1. The maximum atomic E-state index is 12.3. The number of hydrogen-bond donors (Lipinski definition) is 1. The van der Waals surface area contributed by atoms with Crippen LogP contribution in [-0.2, 0) is 9.47 Å². The summed E-state index contributed by atoms with van der Waals surface area (Å²) in [6, 6.07) is 5.14. The topological polar surface area (TPSA) is 84.5 Å². The molecule has 0 aliphatic carbocycles. The molecule has 0 saturated carbocycles. The van der Waals surface area contributed by atoms with E-state index in [4.69, 9.17) is 9.47 Å². The molecule has 7 nitrogen and oxygen atoms in total. The van der Waals surface area contributed by atoms with Crippen LogP contribution in [-0.4, -0.2) is 47.2 Å². The molecule has 1 aliphatic heterocycles. The molecule has 2 aromatic rings. The zero-order chi connectivity index (χ0) is 17.8. The Hall–Kier alpha value is -2.57. The number of fused-ring (bicyclic) bond motifs is 1. The molecule has 7 heteroatoms. The van der Waals surface area contributed by atoms with Crippen LogP contribution in [0.15, 0.2) is 18.2 Å². The molecule has 1 atom stereocenters. The second-order valence-electron chi connectivity index (χ2n) is 6.13. The van der Waals surface area contributed by atoms with E-state index in [1.165, 1.54) is 7.11 Å². The molecule has 1 saturated heterocycles. The summed E-state index contributed by atoms with van der Waals surface area (Å²) in [7, 11) is 1.35. The number of nitrogens with one attached hydrogen (secondary N) is 1. The van der Waals surface area contributed by atoms with Crippen molar-refractivity contribution in [2.24, 2.45) is 0 Å². The van der Waals surface area contributed by atoms with Gasteiger partial charge in [-0.3, -0.25) is 4.90 Å². The lowest BCUT2D eigenvalue weighted by Gasteiger charge is -2.22. The number of para-hydroxylation sites is 1. The van der Waals surface area contributed by atoms with E-state index in [0.717, 1.165) is 25.7 Å². The summed E-state index contributed by atoms with van der Waals surface area (Å²) in [5, 5.41) is 0. The Morgan fingerprint density at radius 3 is 3.00 bits per heavy atom. The molecular formula is C18H23N3O4. The van der Waals surface area contributed by atoms with Crippen LogP contribution in [0.5, 0.6) is 0 Å². The zero-order valence-electron chi connectivity index (χ0n) is 14.6. The summed E-state index contributed by atoms with van der Waals surface area (Å²) >= 11 is 0. The van der Waals surface area contributed by atoms with Crippen molar-refractivity contribution in [3.8, 4) is 0 Å². The second-order valence-corrected chi connectivity index (χ2v) is 6.13. The second kappa shape index (κ2) is 7.55. The van der Waals surface area contributed by atoms with Gasteiger partial charge in [0.15, 0.2) is 0 Å². The number of esters is 1. The van der Waals surface area contributed by atoms with Crippen LogP contribution in [0, 0.1) is 0 Å². The third-order valence-electron chi connectivity index (χ3n) is 4.47. The summed E-state index contributed by atoms with van der Waals surface area (Å²) in [5.74, 6) is 0.263. The number of imidazole rings is 1. The number of benzene rings is 1. The lowest BCUT2D eigenvalue weighted by Crippen LogP contribution is -2.31. The number of ether oxygens (including phenoxy) is 2. The standard InChI is InChI=1S/C18H23N3O4/c1-3-4-11-25-18(23)21-10-6-9-14(21)16-19-13-8-5-7-12(15(13)20-16)17(22)24-2/h5,7-8,14H,3-4,6,9-11H2,1-2H3,(H,19,20). The number of carbonyl (C=O) groups excluding carboxylic acids is 2. The first kappa shape index (κ1) is 17.3. The number of H-pyrrole nitrogens is 1. The van der Waals surface area contributed by atoms with Gasteiger partial charge in [-0.25, -0.2) is 14.6 Å². The lowest BCUT2D eigenvalue weighted by molar-refractivity contribution is 0.0602. The highest BCUT2D eigenvalue weighted by Crippen LogP contribution is 2.32. The number of nitrogens with zero attached hydrogens (tertiary/aromatic N) is 2. The fourth-order valence-electron chi connectivity index (χ4n) is 3.14. The zero-order valence-corrected chi connectivity index (χ0v) is 14.6. The number of likely N-dealkylation sites (tertiary alicyclic amines) is 1. The largest absolute Gasteiger partial charge is 0.465 e. The monoisotopic (exact) mass is 345 g/mol. The van der Waals surface area contributed by atoms with Crippen molar-refractivity contribution in [2.75, 3.05) is 20.3 Å². The number of aromatic nitrogens is 2. The minimum Gasteiger partial charge on any atom is -0.465 e. The molecule has 134 valence electrons. The number of rotatable bonds is 5. The van der Waals surface area contributed by atoms with E-state index < -0.39 is 5.97 Å². The first-order valence-corrected chi connectivity index (χ1v) is 8.66. The number of aromatic amines is 1. The molecule has 25 heavy (non-hydrogen) atoms. The van der Waals surface area contributed by atoms with Crippen LogP contribution in [0.1, 0.15) is 54.8 Å². The van der Waals surface area contributed by atoms with E-state index in [9.17, 15) is 9.59 Å². The van der Waals surface area contributed by atoms with Crippen LogP contribution < -0.4 is 0 Å². The normalized spacial score (nSPS) is 17.0. The molecule has 1 N–H and O–H groups in total. The van der Waals surface area contributed by atoms with Crippen molar-refractivity contribution < 1.29 is 19.1 Å². The average molecular weight is 345 g/mol. The Morgan fingerprint density at radius 1 is 1.40 bits per heavy atom. The first-order chi connectivity index (χ1) is 12.2. The molecule has 1 aromatic carbocycles. The van der Waals surface area contributed by atoms with Crippen LogP contribution in [0.4, 0.5) is 4.79 Å². The number of hydrogen-bond acceptors (Lipinski definition) is 5. The van der Waals surface area contributed by atoms with Crippen molar-refractivity contribution in [3.63, 3.8) is 0 Å². The molecule has 1 aliphatic rings. The molecule has 2 heterocycles. The molecule has 1 amide bonds. The first-order valence-electron chi connectivity index (χ1n) is 8.66. The van der Waals surface area contributed by atoms with Crippen molar-refractivity contribution in [3.05, 3.63) is 29.6 Å². The van der Waals surface area contributed by atoms with E-state index in [2.05, 4.69) is 16.9 Å². The van der Waals surface area contributed by atoms with Gasteiger partial charge in [-0.15, -0.1) is 0 Å². The van der Waals surface area contributed by atoms with E-state index in [1.807, 2.05) is 6.07 Å². The van der Waals surface area contributed by atoms with Crippen LogP contribution >= 0.6 is 0 Å². The molecule has 3 rings (SSSR count). The summed E-state index contributed by atoms with van der Waals surface area (Å²) in [5.41, 5.74) is 1.76. The maximum Gasteiger partial charge on any atom is 0.410 e. The van der Waals surface area contributed by atoms with Gasteiger partial charge in [0.1, 0.15) is 5.82 Å². The Morgan fingerprint density at radius 2 is 2.24 bits per heavy atom. The predicted molar refractivity (Wildman–Crippen MR) is 92.4 cm³/mol. The molecular weight excluding hydrogens is 322 g/mol. The Kier molecular flexibility index (Phi) is 5.21. The lowest BCUT2D eigenvalue weighted by atomic mass is 10.2. The maximum absolute atomic E-state index is 12.3. The van der Waals surface area contributed by atoms with Gasteiger partial charge in [-0.1, -0.05) is 19.4 Å². The van der Waals surface area contributed by atoms with Gasteiger partial charge >= 0.3 is 12.1 Å². The van der Waals surface area contributed by atoms with Gasteiger partial charge in [0.2, 0.25) is 0 Å². The summed E-state index contributed by atoms with van der Waals surface area (Å²) in [6.07, 6.45) is 3.25. The highest BCUT2D eigenvalue weighted by atomic mass is 16.6. The Labute approximate surface area is 146 Å². The van der Waals surface area contributed by atoms with Crippen molar-refractivity contribution in [1.29, 1.82) is 0 Å². The van der Waals surface area contributed by atoms with Gasteiger partial charge in [0.05, 0.1) is 36.4 Å². The summed E-state index contributed by atoms with van der Waals surface area (Å²) in [4.78, 5) is 33.8. The SMILES string of the molecule is CCCCOC(=O)N1CCCC1c1nc2cccc(C(=O)OC)c2[nH]1. The van der Waals surface area contributed by atoms with Crippen molar-refractivity contribution >= 4 is 23.1 Å². The molecule has 1 unspecified atom stereocenters. The van der Waals surface area contributed by atoms with E-state index in [1.54, 1.807) is 17.0 Å². The van der Waals surface area contributed by atoms with Gasteiger partial charge in [0.25, 0.3) is 0 Å². The van der Waals surface area contributed by atoms with E-state index in [0.29, 0.717) is 35.6 Å². The molecule has 0 bridgehead atoms. The number of unbranched alkanes of at least 4 members (excludes halogenated alkanes) is 1. The fourth-order valence-corrected chi connectivity index (χ4v) is 3.14. The Balaban J connectivity index is 1.85. The molecule has 0 radical (unpaired) electrons. The number of carbonyl (C=O) groups is 2. The summed E-state index contributed by atoms with van der Waals surface area (Å²) < 4.78 is 10.2. The molecule has 0 spiro atoms. The molecule has 1 fully saturated rings. The quantitative estimate of drug-likeness (QED) is 0.663. The average Bonchev–Trinajstić information content (AvgIpc) is 3.27. The summed E-state index contributed by atoms with van der Waals surface area (Å²) in [6.45, 7) is 3.14. The van der Waals surface area contributed by atoms with Gasteiger partial charge in [-0.2, -0.15) is 0 Å². The van der Waals surface area contributed by atoms with E-state index >= 15 is 0 Å². The fraction of sp³-hybridized carbons (Fsp3) is 0.500. The van der Waals surface area contributed by atoms with Crippen LogP contribution in [0.3, 0.4) is 0 Å². The highest BCUT2D eigenvalue weighted by molar-refractivity contribution is 6.01. The van der Waals surface area contributed by atoms with Crippen molar-refractivity contribution in [2.45, 2.75) is 38.6 Å². The Bertz CT molecular complexity index is 771. The minimum absolute atomic E-state index is 0.160. The predicted octanol–water partition coefficient (Wildman–Crippen LogP) is 3.42.